The van der Waals surface area contributed by atoms with E-state index < -0.39 is 5.97 Å². The van der Waals surface area contributed by atoms with Gasteiger partial charge >= 0.3 is 5.97 Å². The Morgan fingerprint density at radius 1 is 1.33 bits per heavy atom. The summed E-state index contributed by atoms with van der Waals surface area (Å²) in [5.74, 6) is 1.42. The summed E-state index contributed by atoms with van der Waals surface area (Å²) in [6.07, 6.45) is 0. The zero-order valence-electron chi connectivity index (χ0n) is 14.5. The number of carbonyl (C=O) groups excluding carboxylic acids is 1. The Labute approximate surface area is 145 Å². The maximum Gasteiger partial charge on any atom is 0.341 e. The molecular weight excluding hydrogens is 328 g/mol. The summed E-state index contributed by atoms with van der Waals surface area (Å²) in [6, 6.07) is 1.68. The van der Waals surface area contributed by atoms with Crippen molar-refractivity contribution in [2.75, 3.05) is 14.2 Å². The van der Waals surface area contributed by atoms with Gasteiger partial charge in [0, 0.05) is 11.9 Å². The zero-order chi connectivity index (χ0) is 17.7. The average molecular weight is 350 g/mol. The molecule has 8 heteroatoms. The lowest BCUT2D eigenvalue weighted by molar-refractivity contribution is 0.0599. The van der Waals surface area contributed by atoms with Gasteiger partial charge in [0.1, 0.15) is 17.1 Å². The molecule has 2 heterocycles. The Hall–Kier alpha value is -2.35. The highest BCUT2D eigenvalue weighted by Gasteiger charge is 2.15. The van der Waals surface area contributed by atoms with Crippen molar-refractivity contribution in [1.29, 1.82) is 0 Å². The largest absolute Gasteiger partial charge is 0.465 e. The molecule has 0 atom stereocenters. The van der Waals surface area contributed by atoms with E-state index in [4.69, 9.17) is 9.15 Å². The van der Waals surface area contributed by atoms with Crippen LogP contribution >= 0.6 is 11.3 Å². The summed E-state index contributed by atoms with van der Waals surface area (Å²) >= 11 is 1.67. The summed E-state index contributed by atoms with van der Waals surface area (Å²) in [4.78, 5) is 21.4. The fourth-order valence-electron chi connectivity index (χ4n) is 2.24. The number of rotatable bonds is 5. The second kappa shape index (κ2) is 7.96. The smallest absolute Gasteiger partial charge is 0.341 e. The first-order valence-electron chi connectivity index (χ1n) is 7.49. The van der Waals surface area contributed by atoms with Crippen LogP contribution in [0.25, 0.3) is 0 Å². The van der Waals surface area contributed by atoms with Gasteiger partial charge in [0.2, 0.25) is 0 Å². The second-order valence-electron chi connectivity index (χ2n) is 5.19. The van der Waals surface area contributed by atoms with Gasteiger partial charge < -0.3 is 19.8 Å². The van der Waals surface area contributed by atoms with Crippen molar-refractivity contribution < 1.29 is 13.9 Å². The van der Waals surface area contributed by atoms with Crippen LogP contribution in [0, 0.1) is 20.8 Å². The number of aryl methyl sites for hydroxylation is 3. The van der Waals surface area contributed by atoms with Crippen molar-refractivity contribution in [1.82, 2.24) is 15.6 Å². The number of esters is 1. The van der Waals surface area contributed by atoms with Gasteiger partial charge in [-0.05, 0) is 26.8 Å². The number of carbonyl (C=O) groups is 1. The van der Waals surface area contributed by atoms with Crippen LogP contribution in [0.15, 0.2) is 15.5 Å². The van der Waals surface area contributed by atoms with E-state index in [1.807, 2.05) is 13.8 Å². The molecule has 0 spiro atoms. The Kier molecular flexibility index (Phi) is 5.97. The average Bonchev–Trinajstić information content (AvgIpc) is 3.08. The van der Waals surface area contributed by atoms with Gasteiger partial charge in [0.15, 0.2) is 5.96 Å². The predicted octanol–water partition coefficient (Wildman–Crippen LogP) is 2.31. The number of guanidine groups is 1. The number of aromatic nitrogens is 1. The van der Waals surface area contributed by atoms with E-state index in [2.05, 4.69) is 20.6 Å². The molecule has 0 bridgehead atoms. The number of hydrogen-bond acceptors (Lipinski definition) is 6. The van der Waals surface area contributed by atoms with Crippen molar-refractivity contribution >= 4 is 23.3 Å². The highest BCUT2D eigenvalue weighted by atomic mass is 32.1. The molecule has 0 amide bonds. The van der Waals surface area contributed by atoms with Crippen LogP contribution < -0.4 is 10.6 Å². The standard InChI is InChI=1S/C16H22N4O3S/c1-9-14(24-11(3)20-9)8-19-16(17-4)18-7-12-6-13(10(2)23-12)15(21)22-5/h6H,7-8H2,1-5H3,(H2,17,18,19). The van der Waals surface area contributed by atoms with Crippen LogP contribution in [0.4, 0.5) is 0 Å². The molecule has 0 saturated heterocycles. The lowest BCUT2D eigenvalue weighted by Crippen LogP contribution is -2.36. The van der Waals surface area contributed by atoms with E-state index in [1.54, 1.807) is 31.4 Å². The highest BCUT2D eigenvalue weighted by molar-refractivity contribution is 7.11. The summed E-state index contributed by atoms with van der Waals surface area (Å²) in [6.45, 7) is 6.79. The van der Waals surface area contributed by atoms with E-state index in [-0.39, 0.29) is 0 Å². The molecule has 2 N–H and O–H groups in total. The van der Waals surface area contributed by atoms with Crippen molar-refractivity contribution in [2.45, 2.75) is 33.9 Å². The zero-order valence-corrected chi connectivity index (χ0v) is 15.3. The molecule has 130 valence electrons. The third-order valence-electron chi connectivity index (χ3n) is 3.44. The monoisotopic (exact) mass is 350 g/mol. The first-order valence-corrected chi connectivity index (χ1v) is 8.31. The quantitative estimate of drug-likeness (QED) is 0.489. The maximum absolute atomic E-state index is 11.6. The molecule has 2 aromatic heterocycles. The molecule has 0 aromatic carbocycles. The first-order chi connectivity index (χ1) is 11.4. The number of ether oxygens (including phenoxy) is 1. The van der Waals surface area contributed by atoms with Crippen molar-refractivity contribution in [3.05, 3.63) is 38.7 Å². The summed E-state index contributed by atoms with van der Waals surface area (Å²) < 4.78 is 10.3. The number of furan rings is 1. The molecule has 2 rings (SSSR count). The van der Waals surface area contributed by atoms with Crippen LogP contribution in [0.3, 0.4) is 0 Å². The molecule has 24 heavy (non-hydrogen) atoms. The van der Waals surface area contributed by atoms with Crippen LogP contribution in [-0.2, 0) is 17.8 Å². The maximum atomic E-state index is 11.6. The van der Waals surface area contributed by atoms with Crippen molar-refractivity contribution in [3.63, 3.8) is 0 Å². The van der Waals surface area contributed by atoms with Crippen LogP contribution in [-0.4, -0.2) is 31.1 Å². The minimum absolute atomic E-state index is 0.402. The number of hydrogen-bond donors (Lipinski definition) is 2. The van der Waals surface area contributed by atoms with Gasteiger partial charge in [0.05, 0.1) is 30.9 Å². The Morgan fingerprint density at radius 2 is 2.04 bits per heavy atom. The number of nitrogens with one attached hydrogen (secondary N) is 2. The number of aliphatic imine (C=N–C) groups is 1. The third-order valence-corrected chi connectivity index (χ3v) is 4.52. The minimum Gasteiger partial charge on any atom is -0.465 e. The predicted molar refractivity (Wildman–Crippen MR) is 93.4 cm³/mol. The summed E-state index contributed by atoms with van der Waals surface area (Å²) in [5, 5.41) is 7.45. The molecule has 2 aromatic rings. The third kappa shape index (κ3) is 4.35. The molecule has 0 aliphatic carbocycles. The fraction of sp³-hybridized carbons (Fsp3) is 0.438. The Morgan fingerprint density at radius 3 is 2.62 bits per heavy atom. The van der Waals surface area contributed by atoms with Gasteiger partial charge in [-0.2, -0.15) is 0 Å². The summed E-state index contributed by atoms with van der Waals surface area (Å²) in [5.41, 5.74) is 1.47. The van der Waals surface area contributed by atoms with Crippen LogP contribution in [0.1, 0.15) is 37.5 Å². The van der Waals surface area contributed by atoms with Gasteiger partial charge in [-0.25, -0.2) is 9.78 Å². The van der Waals surface area contributed by atoms with Gasteiger partial charge in [-0.15, -0.1) is 11.3 Å². The van der Waals surface area contributed by atoms with Gasteiger partial charge in [-0.1, -0.05) is 0 Å². The molecule has 0 unspecified atom stereocenters. The number of thiazole rings is 1. The van der Waals surface area contributed by atoms with E-state index in [9.17, 15) is 4.79 Å². The molecule has 0 saturated carbocycles. The topological polar surface area (TPSA) is 88.8 Å². The molecule has 0 aliphatic rings. The SMILES string of the molecule is CN=C(NCc1cc(C(=O)OC)c(C)o1)NCc1sc(C)nc1C. The Balaban J connectivity index is 1.92. The second-order valence-corrected chi connectivity index (χ2v) is 6.48. The number of nitrogens with zero attached hydrogens (tertiary/aromatic N) is 2. The van der Waals surface area contributed by atoms with E-state index in [0.717, 1.165) is 10.7 Å². The van der Waals surface area contributed by atoms with E-state index in [0.29, 0.717) is 36.1 Å². The van der Waals surface area contributed by atoms with Crippen LogP contribution in [0.5, 0.6) is 0 Å². The number of methoxy groups -OCH3 is 1. The summed E-state index contributed by atoms with van der Waals surface area (Å²) in [7, 11) is 3.05. The Bertz CT molecular complexity index is 749. The fourth-order valence-corrected chi connectivity index (χ4v) is 3.11. The molecular formula is C16H22N4O3S. The van der Waals surface area contributed by atoms with Gasteiger partial charge in [0.25, 0.3) is 0 Å². The lowest BCUT2D eigenvalue weighted by atomic mass is 10.2. The minimum atomic E-state index is -0.402. The van der Waals surface area contributed by atoms with Crippen LogP contribution in [0.2, 0.25) is 0 Å². The first kappa shape index (κ1) is 18.0. The van der Waals surface area contributed by atoms with Crippen molar-refractivity contribution in [3.8, 4) is 0 Å². The van der Waals surface area contributed by atoms with Crippen molar-refractivity contribution in [2.24, 2.45) is 4.99 Å². The highest BCUT2D eigenvalue weighted by Crippen LogP contribution is 2.17. The molecule has 0 fully saturated rings. The molecule has 0 aliphatic heterocycles. The van der Waals surface area contributed by atoms with E-state index >= 15 is 0 Å². The van der Waals surface area contributed by atoms with Gasteiger partial charge in [-0.3, -0.25) is 4.99 Å². The molecule has 7 nitrogen and oxygen atoms in total. The lowest BCUT2D eigenvalue weighted by Gasteiger charge is -2.10. The normalized spacial score (nSPS) is 11.5. The van der Waals surface area contributed by atoms with E-state index in [1.165, 1.54) is 12.0 Å². The molecule has 0 radical (unpaired) electrons.